The molecular formula is C10H17N3O. The first-order chi connectivity index (χ1) is 6.65. The summed E-state index contributed by atoms with van der Waals surface area (Å²) in [6.45, 7) is 2.41. The summed E-state index contributed by atoms with van der Waals surface area (Å²) < 4.78 is 1.99. The Morgan fingerprint density at radius 1 is 1.64 bits per heavy atom. The Labute approximate surface area is 84.3 Å². The van der Waals surface area contributed by atoms with Crippen molar-refractivity contribution in [3.8, 4) is 0 Å². The third-order valence-electron chi connectivity index (χ3n) is 2.32. The van der Waals surface area contributed by atoms with E-state index in [9.17, 15) is 4.79 Å². The van der Waals surface area contributed by atoms with Crippen molar-refractivity contribution in [3.63, 3.8) is 0 Å². The summed E-state index contributed by atoms with van der Waals surface area (Å²) in [6.07, 6.45) is 1.96. The summed E-state index contributed by atoms with van der Waals surface area (Å²) in [5, 5.41) is 5.74. The normalized spacial score (nSPS) is 12.5. The van der Waals surface area contributed by atoms with E-state index in [0.29, 0.717) is 6.54 Å². The van der Waals surface area contributed by atoms with Gasteiger partial charge in [0.15, 0.2) is 0 Å². The molecule has 4 nitrogen and oxygen atoms in total. The van der Waals surface area contributed by atoms with Crippen LogP contribution in [-0.2, 0) is 18.4 Å². The zero-order valence-electron chi connectivity index (χ0n) is 8.87. The van der Waals surface area contributed by atoms with Crippen molar-refractivity contribution in [2.75, 3.05) is 7.05 Å². The van der Waals surface area contributed by atoms with Crippen molar-refractivity contribution in [2.24, 2.45) is 7.05 Å². The number of carbonyl (C=O) groups excluding carboxylic acids is 1. The van der Waals surface area contributed by atoms with Gasteiger partial charge in [0.1, 0.15) is 0 Å². The van der Waals surface area contributed by atoms with Crippen LogP contribution in [0.5, 0.6) is 0 Å². The fourth-order valence-electron chi connectivity index (χ4n) is 1.14. The van der Waals surface area contributed by atoms with Crippen LogP contribution in [0.25, 0.3) is 0 Å². The molecule has 1 aromatic heterocycles. The highest BCUT2D eigenvalue weighted by atomic mass is 16.2. The first-order valence-corrected chi connectivity index (χ1v) is 4.70. The van der Waals surface area contributed by atoms with Gasteiger partial charge in [-0.1, -0.05) is 0 Å². The summed E-state index contributed by atoms with van der Waals surface area (Å²) in [5.41, 5.74) is 1.10. The minimum absolute atomic E-state index is 0.0219. The van der Waals surface area contributed by atoms with E-state index in [2.05, 4.69) is 10.6 Å². The Hall–Kier alpha value is -1.29. The quantitative estimate of drug-likeness (QED) is 0.723. The lowest BCUT2D eigenvalue weighted by Crippen LogP contribution is -2.40. The van der Waals surface area contributed by atoms with Gasteiger partial charge in [-0.2, -0.15) is 0 Å². The van der Waals surface area contributed by atoms with Gasteiger partial charge in [-0.3, -0.25) is 4.79 Å². The number of nitrogens with one attached hydrogen (secondary N) is 2. The van der Waals surface area contributed by atoms with Gasteiger partial charge in [0.2, 0.25) is 5.91 Å². The van der Waals surface area contributed by atoms with Crippen LogP contribution in [0, 0.1) is 0 Å². The maximum atomic E-state index is 11.4. The molecule has 0 aliphatic carbocycles. The number of amides is 1. The van der Waals surface area contributed by atoms with Crippen LogP contribution in [0.15, 0.2) is 18.3 Å². The third kappa shape index (κ3) is 2.60. The van der Waals surface area contributed by atoms with E-state index in [1.165, 1.54) is 0 Å². The lowest BCUT2D eigenvalue weighted by Gasteiger charge is -2.11. The second-order valence-corrected chi connectivity index (χ2v) is 3.34. The molecule has 0 aliphatic rings. The molecule has 1 aromatic rings. The van der Waals surface area contributed by atoms with E-state index in [1.807, 2.05) is 36.9 Å². The standard InChI is InChI=1S/C10H17N3O/c1-8(11-2)10(14)12-7-9-5-4-6-13(9)3/h4-6,8,11H,7H2,1-3H3,(H,12,14). The molecule has 0 saturated heterocycles. The molecule has 0 aromatic carbocycles. The summed E-state index contributed by atoms with van der Waals surface area (Å²) in [7, 11) is 3.73. The summed E-state index contributed by atoms with van der Waals surface area (Å²) >= 11 is 0. The predicted molar refractivity (Wildman–Crippen MR) is 55.8 cm³/mol. The first-order valence-electron chi connectivity index (χ1n) is 4.70. The molecule has 0 saturated carbocycles. The van der Waals surface area contributed by atoms with Crippen LogP contribution in [0.3, 0.4) is 0 Å². The lowest BCUT2D eigenvalue weighted by atomic mass is 10.3. The monoisotopic (exact) mass is 195 g/mol. The van der Waals surface area contributed by atoms with Crippen molar-refractivity contribution < 1.29 is 4.79 Å². The number of likely N-dealkylation sites (N-methyl/N-ethyl adjacent to an activating group) is 1. The molecule has 1 unspecified atom stereocenters. The predicted octanol–water partition coefficient (Wildman–Crippen LogP) is 0.249. The highest BCUT2D eigenvalue weighted by Crippen LogP contribution is 1.98. The smallest absolute Gasteiger partial charge is 0.237 e. The van der Waals surface area contributed by atoms with Gasteiger partial charge in [0, 0.05) is 18.9 Å². The Balaban J connectivity index is 2.41. The third-order valence-corrected chi connectivity index (χ3v) is 2.32. The molecule has 0 aliphatic heterocycles. The van der Waals surface area contributed by atoms with Crippen LogP contribution >= 0.6 is 0 Å². The number of carbonyl (C=O) groups is 1. The van der Waals surface area contributed by atoms with Crippen molar-refractivity contribution in [3.05, 3.63) is 24.0 Å². The Kier molecular flexibility index (Phi) is 3.71. The van der Waals surface area contributed by atoms with E-state index < -0.39 is 0 Å². The van der Waals surface area contributed by atoms with E-state index in [4.69, 9.17) is 0 Å². The zero-order valence-corrected chi connectivity index (χ0v) is 8.87. The largest absolute Gasteiger partial charge is 0.353 e. The molecule has 14 heavy (non-hydrogen) atoms. The number of aryl methyl sites for hydroxylation is 1. The highest BCUT2D eigenvalue weighted by Gasteiger charge is 2.09. The van der Waals surface area contributed by atoms with Crippen LogP contribution in [0.1, 0.15) is 12.6 Å². The van der Waals surface area contributed by atoms with E-state index in [-0.39, 0.29) is 11.9 Å². The maximum absolute atomic E-state index is 11.4. The van der Waals surface area contributed by atoms with Crippen molar-refractivity contribution >= 4 is 5.91 Å². The zero-order chi connectivity index (χ0) is 10.6. The van der Waals surface area contributed by atoms with Crippen molar-refractivity contribution in [1.82, 2.24) is 15.2 Å². The molecule has 0 bridgehead atoms. The number of hydrogen-bond acceptors (Lipinski definition) is 2. The van der Waals surface area contributed by atoms with Gasteiger partial charge in [-0.15, -0.1) is 0 Å². The van der Waals surface area contributed by atoms with Crippen molar-refractivity contribution in [2.45, 2.75) is 19.5 Å². The summed E-state index contributed by atoms with van der Waals surface area (Å²) in [6, 6.07) is 3.81. The molecule has 0 fully saturated rings. The van der Waals surface area contributed by atoms with Gasteiger partial charge < -0.3 is 15.2 Å². The summed E-state index contributed by atoms with van der Waals surface area (Å²) in [5.74, 6) is 0.0219. The highest BCUT2D eigenvalue weighted by molar-refractivity contribution is 5.81. The molecule has 2 N–H and O–H groups in total. The molecule has 0 radical (unpaired) electrons. The average Bonchev–Trinajstić information content (AvgIpc) is 2.59. The second kappa shape index (κ2) is 4.81. The molecule has 1 rings (SSSR count). The average molecular weight is 195 g/mol. The van der Waals surface area contributed by atoms with Gasteiger partial charge in [0.05, 0.1) is 12.6 Å². The minimum atomic E-state index is -0.143. The lowest BCUT2D eigenvalue weighted by molar-refractivity contribution is -0.122. The van der Waals surface area contributed by atoms with Gasteiger partial charge in [-0.05, 0) is 26.1 Å². The van der Waals surface area contributed by atoms with E-state index in [0.717, 1.165) is 5.69 Å². The van der Waals surface area contributed by atoms with Gasteiger partial charge in [0.25, 0.3) is 0 Å². The van der Waals surface area contributed by atoms with Gasteiger partial charge >= 0.3 is 0 Å². The molecule has 4 heteroatoms. The maximum Gasteiger partial charge on any atom is 0.237 e. The minimum Gasteiger partial charge on any atom is -0.353 e. The number of aromatic nitrogens is 1. The van der Waals surface area contributed by atoms with E-state index in [1.54, 1.807) is 7.05 Å². The molecule has 78 valence electrons. The number of hydrogen-bond donors (Lipinski definition) is 2. The number of rotatable bonds is 4. The molecular weight excluding hydrogens is 178 g/mol. The van der Waals surface area contributed by atoms with Crippen LogP contribution in [-0.4, -0.2) is 23.6 Å². The van der Waals surface area contributed by atoms with Crippen LogP contribution in [0.2, 0.25) is 0 Å². The SMILES string of the molecule is CNC(C)C(=O)NCc1cccn1C. The van der Waals surface area contributed by atoms with Crippen LogP contribution in [0.4, 0.5) is 0 Å². The van der Waals surface area contributed by atoms with Gasteiger partial charge in [-0.25, -0.2) is 0 Å². The molecule has 1 amide bonds. The van der Waals surface area contributed by atoms with E-state index >= 15 is 0 Å². The molecule has 0 spiro atoms. The Morgan fingerprint density at radius 3 is 2.86 bits per heavy atom. The molecule has 1 atom stereocenters. The first kappa shape index (κ1) is 10.8. The summed E-state index contributed by atoms with van der Waals surface area (Å²) in [4.78, 5) is 11.4. The van der Waals surface area contributed by atoms with Crippen LogP contribution < -0.4 is 10.6 Å². The Bertz CT molecular complexity index is 306. The number of nitrogens with zero attached hydrogens (tertiary/aromatic N) is 1. The molecule has 1 heterocycles. The van der Waals surface area contributed by atoms with Crippen molar-refractivity contribution in [1.29, 1.82) is 0 Å². The second-order valence-electron chi connectivity index (χ2n) is 3.34. The Morgan fingerprint density at radius 2 is 2.36 bits per heavy atom. The topological polar surface area (TPSA) is 46.1 Å². The fraction of sp³-hybridized carbons (Fsp3) is 0.500. The fourth-order valence-corrected chi connectivity index (χ4v) is 1.14.